The van der Waals surface area contributed by atoms with Crippen molar-refractivity contribution in [1.29, 1.82) is 0 Å². The number of piperidine rings is 1. The van der Waals surface area contributed by atoms with Gasteiger partial charge in [0.2, 0.25) is 5.91 Å². The van der Waals surface area contributed by atoms with E-state index >= 15 is 0 Å². The van der Waals surface area contributed by atoms with Crippen molar-refractivity contribution in [1.82, 2.24) is 5.32 Å². The van der Waals surface area contributed by atoms with Gasteiger partial charge in [-0.2, -0.15) is 0 Å². The molecule has 2 rings (SSSR count). The summed E-state index contributed by atoms with van der Waals surface area (Å²) in [6.45, 7) is 0.555. The number of carbonyl (C=O) groups is 1. The van der Waals surface area contributed by atoms with Gasteiger partial charge in [-0.3, -0.25) is 4.79 Å². The second-order valence-corrected chi connectivity index (χ2v) is 3.56. The number of benzene rings is 1. The van der Waals surface area contributed by atoms with Gasteiger partial charge in [0.1, 0.15) is 5.82 Å². The van der Waals surface area contributed by atoms with E-state index in [0.717, 1.165) is 6.42 Å². The molecule has 74 valence electrons. The predicted octanol–water partition coefficient (Wildman–Crippen LogP) is 1.82. The lowest BCUT2D eigenvalue weighted by molar-refractivity contribution is -0.122. The van der Waals surface area contributed by atoms with Crippen molar-refractivity contribution in [3.8, 4) is 0 Å². The van der Waals surface area contributed by atoms with Gasteiger partial charge in [0.25, 0.3) is 0 Å². The van der Waals surface area contributed by atoms with Crippen LogP contribution in [0.15, 0.2) is 24.3 Å². The van der Waals surface area contributed by atoms with Crippen LogP contribution in [0.4, 0.5) is 4.39 Å². The molecule has 1 aliphatic heterocycles. The summed E-state index contributed by atoms with van der Waals surface area (Å²) in [4.78, 5) is 10.9. The standard InChI is InChI=1S/C11H12FNO/c12-10-4-2-1-3-9(10)8-5-6-11(14)13-7-8/h1-4,8H,5-7H2,(H,13,14). The Bertz CT molecular complexity index is 341. The number of nitrogens with one attached hydrogen (secondary N) is 1. The van der Waals surface area contributed by atoms with E-state index in [1.165, 1.54) is 6.07 Å². The molecule has 1 atom stereocenters. The van der Waals surface area contributed by atoms with Gasteiger partial charge in [-0.05, 0) is 18.1 Å². The fraction of sp³-hybridized carbons (Fsp3) is 0.364. The highest BCUT2D eigenvalue weighted by Gasteiger charge is 2.21. The number of hydrogen-bond donors (Lipinski definition) is 1. The number of halogens is 1. The Hall–Kier alpha value is -1.38. The maximum Gasteiger partial charge on any atom is 0.220 e. The highest BCUT2D eigenvalue weighted by atomic mass is 19.1. The van der Waals surface area contributed by atoms with Crippen LogP contribution in [0.2, 0.25) is 0 Å². The zero-order valence-electron chi connectivity index (χ0n) is 7.79. The molecule has 1 unspecified atom stereocenters. The summed E-state index contributed by atoms with van der Waals surface area (Å²) in [5, 5.41) is 2.75. The fourth-order valence-electron chi connectivity index (χ4n) is 1.80. The molecule has 0 bridgehead atoms. The Morgan fingerprint density at radius 2 is 2.14 bits per heavy atom. The van der Waals surface area contributed by atoms with Gasteiger partial charge in [-0.15, -0.1) is 0 Å². The van der Waals surface area contributed by atoms with E-state index in [1.807, 2.05) is 6.07 Å². The molecule has 1 aromatic carbocycles. The van der Waals surface area contributed by atoms with Crippen LogP contribution in [0, 0.1) is 5.82 Å². The van der Waals surface area contributed by atoms with Gasteiger partial charge in [-0.1, -0.05) is 18.2 Å². The molecule has 1 heterocycles. The number of amides is 1. The molecule has 1 aromatic rings. The maximum atomic E-state index is 13.4. The number of hydrogen-bond acceptors (Lipinski definition) is 1. The van der Waals surface area contributed by atoms with Crippen molar-refractivity contribution in [3.63, 3.8) is 0 Å². The van der Waals surface area contributed by atoms with Gasteiger partial charge in [0.05, 0.1) is 0 Å². The molecular weight excluding hydrogens is 181 g/mol. The second-order valence-electron chi connectivity index (χ2n) is 3.56. The van der Waals surface area contributed by atoms with E-state index < -0.39 is 0 Å². The van der Waals surface area contributed by atoms with Crippen LogP contribution in [-0.4, -0.2) is 12.5 Å². The Morgan fingerprint density at radius 1 is 1.36 bits per heavy atom. The quantitative estimate of drug-likeness (QED) is 0.724. The minimum absolute atomic E-state index is 0.0672. The third kappa shape index (κ3) is 1.76. The third-order valence-electron chi connectivity index (χ3n) is 2.61. The van der Waals surface area contributed by atoms with E-state index in [2.05, 4.69) is 5.32 Å². The lowest BCUT2D eigenvalue weighted by Crippen LogP contribution is -2.33. The molecule has 1 aliphatic rings. The highest BCUT2D eigenvalue weighted by Crippen LogP contribution is 2.25. The first kappa shape index (κ1) is 9.19. The first-order valence-electron chi connectivity index (χ1n) is 4.78. The van der Waals surface area contributed by atoms with Crippen molar-refractivity contribution >= 4 is 5.91 Å². The topological polar surface area (TPSA) is 29.1 Å². The first-order valence-corrected chi connectivity index (χ1v) is 4.78. The summed E-state index contributed by atoms with van der Waals surface area (Å²) in [7, 11) is 0. The van der Waals surface area contributed by atoms with E-state index in [-0.39, 0.29) is 17.6 Å². The van der Waals surface area contributed by atoms with Crippen molar-refractivity contribution in [2.75, 3.05) is 6.54 Å². The molecule has 0 aliphatic carbocycles. The van der Waals surface area contributed by atoms with E-state index in [0.29, 0.717) is 18.5 Å². The highest BCUT2D eigenvalue weighted by molar-refractivity contribution is 5.76. The van der Waals surface area contributed by atoms with E-state index in [9.17, 15) is 9.18 Å². The molecule has 0 saturated carbocycles. The van der Waals surface area contributed by atoms with Crippen molar-refractivity contribution in [2.45, 2.75) is 18.8 Å². The fourth-order valence-corrected chi connectivity index (χ4v) is 1.80. The van der Waals surface area contributed by atoms with Crippen molar-refractivity contribution in [2.24, 2.45) is 0 Å². The molecule has 0 radical (unpaired) electrons. The number of carbonyl (C=O) groups excluding carboxylic acids is 1. The molecule has 14 heavy (non-hydrogen) atoms. The van der Waals surface area contributed by atoms with E-state index in [4.69, 9.17) is 0 Å². The largest absolute Gasteiger partial charge is 0.355 e. The first-order chi connectivity index (χ1) is 6.77. The second kappa shape index (κ2) is 3.78. The van der Waals surface area contributed by atoms with Crippen LogP contribution >= 0.6 is 0 Å². The molecule has 1 amide bonds. The third-order valence-corrected chi connectivity index (χ3v) is 2.61. The molecular formula is C11H12FNO. The SMILES string of the molecule is O=C1CCC(c2ccccc2F)CN1. The van der Waals surface area contributed by atoms with Crippen LogP contribution in [0.25, 0.3) is 0 Å². The average Bonchev–Trinajstić information content (AvgIpc) is 2.20. The molecule has 1 saturated heterocycles. The van der Waals surface area contributed by atoms with Crippen LogP contribution < -0.4 is 5.32 Å². The predicted molar refractivity (Wildman–Crippen MR) is 51.4 cm³/mol. The summed E-state index contributed by atoms with van der Waals surface area (Å²) in [6.07, 6.45) is 1.24. The van der Waals surface area contributed by atoms with Crippen LogP contribution in [0.5, 0.6) is 0 Å². The molecule has 0 aromatic heterocycles. The van der Waals surface area contributed by atoms with Crippen molar-refractivity contribution < 1.29 is 9.18 Å². The van der Waals surface area contributed by atoms with Gasteiger partial charge in [0.15, 0.2) is 0 Å². The Balaban J connectivity index is 2.16. The summed E-state index contributed by atoms with van der Waals surface area (Å²) in [6, 6.07) is 6.76. The monoisotopic (exact) mass is 193 g/mol. The van der Waals surface area contributed by atoms with Crippen LogP contribution in [0.1, 0.15) is 24.3 Å². The Morgan fingerprint density at radius 3 is 2.79 bits per heavy atom. The zero-order chi connectivity index (χ0) is 9.97. The lowest BCUT2D eigenvalue weighted by Gasteiger charge is -2.22. The average molecular weight is 193 g/mol. The van der Waals surface area contributed by atoms with Gasteiger partial charge in [-0.25, -0.2) is 4.39 Å². The maximum absolute atomic E-state index is 13.4. The lowest BCUT2D eigenvalue weighted by atomic mass is 9.91. The summed E-state index contributed by atoms with van der Waals surface area (Å²) in [5.41, 5.74) is 0.715. The number of rotatable bonds is 1. The summed E-state index contributed by atoms with van der Waals surface area (Å²) >= 11 is 0. The van der Waals surface area contributed by atoms with Crippen LogP contribution in [-0.2, 0) is 4.79 Å². The Kier molecular flexibility index (Phi) is 2.48. The summed E-state index contributed by atoms with van der Waals surface area (Å²) < 4.78 is 13.4. The summed E-state index contributed by atoms with van der Waals surface area (Å²) in [5.74, 6) is 0.0279. The van der Waals surface area contributed by atoms with Gasteiger partial charge < -0.3 is 5.32 Å². The van der Waals surface area contributed by atoms with Crippen molar-refractivity contribution in [3.05, 3.63) is 35.6 Å². The molecule has 3 heteroatoms. The van der Waals surface area contributed by atoms with Gasteiger partial charge >= 0.3 is 0 Å². The molecule has 1 fully saturated rings. The van der Waals surface area contributed by atoms with Crippen LogP contribution in [0.3, 0.4) is 0 Å². The minimum atomic E-state index is -0.173. The zero-order valence-corrected chi connectivity index (χ0v) is 7.79. The minimum Gasteiger partial charge on any atom is -0.355 e. The molecule has 0 spiro atoms. The van der Waals surface area contributed by atoms with E-state index in [1.54, 1.807) is 12.1 Å². The van der Waals surface area contributed by atoms with Gasteiger partial charge in [0, 0.05) is 18.9 Å². The Labute approximate surface area is 82.1 Å². The molecule has 1 N–H and O–H groups in total. The molecule has 2 nitrogen and oxygen atoms in total. The smallest absolute Gasteiger partial charge is 0.220 e. The normalized spacial score (nSPS) is 21.8.